The number of hydrogen-bond acceptors (Lipinski definition) is 3. The van der Waals surface area contributed by atoms with Gasteiger partial charge in [-0.1, -0.05) is 50.1 Å². The van der Waals surface area contributed by atoms with Gasteiger partial charge in [0.05, 0.1) is 24.4 Å². The average Bonchev–Trinajstić information content (AvgIpc) is 2.92. The van der Waals surface area contributed by atoms with Gasteiger partial charge < -0.3 is 4.74 Å². The molecule has 0 aliphatic heterocycles. The number of hydrogen-bond donors (Lipinski definition) is 0. The molecule has 0 aliphatic rings. The largest absolute Gasteiger partial charge is 0.466 e. The SMILES string of the molecule is CCCCCn1nc(-c2ccccc2)cc1CC(=O)OCC. The first-order chi connectivity index (χ1) is 10.7. The molecule has 0 bridgehead atoms. The topological polar surface area (TPSA) is 44.1 Å². The van der Waals surface area contributed by atoms with Crippen LogP contribution in [0.15, 0.2) is 36.4 Å². The minimum absolute atomic E-state index is 0.196. The molecule has 0 radical (unpaired) electrons. The van der Waals surface area contributed by atoms with E-state index in [0.717, 1.165) is 29.9 Å². The summed E-state index contributed by atoms with van der Waals surface area (Å²) in [6.07, 6.45) is 3.68. The molecule has 0 N–H and O–H groups in total. The molecule has 118 valence electrons. The summed E-state index contributed by atoms with van der Waals surface area (Å²) in [5, 5.41) is 4.67. The molecule has 1 aromatic heterocycles. The highest BCUT2D eigenvalue weighted by molar-refractivity contribution is 5.73. The zero-order valence-corrected chi connectivity index (χ0v) is 13.4. The van der Waals surface area contributed by atoms with Crippen molar-refractivity contribution >= 4 is 5.97 Å². The standard InChI is InChI=1S/C18H24N2O2/c1-3-5-9-12-20-16(14-18(21)22-4-2)13-17(19-20)15-10-7-6-8-11-15/h6-8,10-11,13H,3-5,9,12,14H2,1-2H3. The average molecular weight is 300 g/mol. The van der Waals surface area contributed by atoms with E-state index < -0.39 is 0 Å². The molecule has 0 saturated heterocycles. The van der Waals surface area contributed by atoms with E-state index in [2.05, 4.69) is 12.0 Å². The van der Waals surface area contributed by atoms with Crippen LogP contribution >= 0.6 is 0 Å². The zero-order valence-electron chi connectivity index (χ0n) is 13.4. The van der Waals surface area contributed by atoms with Gasteiger partial charge >= 0.3 is 5.97 Å². The maximum Gasteiger partial charge on any atom is 0.311 e. The molecule has 1 heterocycles. The van der Waals surface area contributed by atoms with Crippen molar-refractivity contribution in [2.75, 3.05) is 6.61 Å². The lowest BCUT2D eigenvalue weighted by Gasteiger charge is -2.06. The molecule has 0 spiro atoms. The summed E-state index contributed by atoms with van der Waals surface area (Å²) in [5.41, 5.74) is 2.91. The lowest BCUT2D eigenvalue weighted by molar-refractivity contribution is -0.142. The first kappa shape index (κ1) is 16.3. The van der Waals surface area contributed by atoms with Crippen LogP contribution in [0, 0.1) is 0 Å². The van der Waals surface area contributed by atoms with Gasteiger partial charge in [-0.05, 0) is 19.4 Å². The lowest BCUT2D eigenvalue weighted by Crippen LogP contribution is -2.12. The second-order valence-electron chi connectivity index (χ2n) is 5.30. The van der Waals surface area contributed by atoms with Gasteiger partial charge in [0.15, 0.2) is 0 Å². The Hall–Kier alpha value is -2.10. The van der Waals surface area contributed by atoms with E-state index in [4.69, 9.17) is 4.74 Å². The normalized spacial score (nSPS) is 10.6. The second-order valence-corrected chi connectivity index (χ2v) is 5.30. The van der Waals surface area contributed by atoms with E-state index in [0.29, 0.717) is 6.61 Å². The van der Waals surface area contributed by atoms with Gasteiger partial charge in [-0.3, -0.25) is 9.48 Å². The Morgan fingerprint density at radius 2 is 1.95 bits per heavy atom. The van der Waals surface area contributed by atoms with Crippen LogP contribution in [0.4, 0.5) is 0 Å². The number of carbonyl (C=O) groups is 1. The molecule has 4 nitrogen and oxygen atoms in total. The first-order valence-electron chi connectivity index (χ1n) is 8.02. The van der Waals surface area contributed by atoms with E-state index in [9.17, 15) is 4.79 Å². The Bertz CT molecular complexity index is 590. The molecule has 0 aliphatic carbocycles. The van der Waals surface area contributed by atoms with E-state index in [-0.39, 0.29) is 12.4 Å². The van der Waals surface area contributed by atoms with Gasteiger partial charge in [0.25, 0.3) is 0 Å². The van der Waals surface area contributed by atoms with Crippen molar-refractivity contribution in [3.05, 3.63) is 42.1 Å². The Labute approximate surface area is 132 Å². The molecule has 0 unspecified atom stereocenters. The van der Waals surface area contributed by atoms with Crippen LogP contribution in [-0.2, 0) is 22.5 Å². The highest BCUT2D eigenvalue weighted by Crippen LogP contribution is 2.20. The van der Waals surface area contributed by atoms with Crippen molar-refractivity contribution in [2.45, 2.75) is 46.1 Å². The van der Waals surface area contributed by atoms with Crippen LogP contribution in [-0.4, -0.2) is 22.4 Å². The smallest absolute Gasteiger partial charge is 0.311 e. The fourth-order valence-corrected chi connectivity index (χ4v) is 2.41. The summed E-state index contributed by atoms with van der Waals surface area (Å²) in [5.74, 6) is -0.196. The van der Waals surface area contributed by atoms with E-state index in [1.54, 1.807) is 0 Å². The molecule has 0 fully saturated rings. The van der Waals surface area contributed by atoms with Crippen LogP contribution in [0.5, 0.6) is 0 Å². The molecule has 0 atom stereocenters. The number of esters is 1. The van der Waals surface area contributed by atoms with Crippen LogP contribution in [0.3, 0.4) is 0 Å². The Kier molecular flexibility index (Phi) is 6.19. The van der Waals surface area contributed by atoms with Crippen LogP contribution < -0.4 is 0 Å². The highest BCUT2D eigenvalue weighted by Gasteiger charge is 2.13. The highest BCUT2D eigenvalue weighted by atomic mass is 16.5. The number of rotatable bonds is 8. The molecule has 0 saturated carbocycles. The van der Waals surface area contributed by atoms with Crippen LogP contribution in [0.2, 0.25) is 0 Å². The fourth-order valence-electron chi connectivity index (χ4n) is 2.41. The van der Waals surface area contributed by atoms with E-state index >= 15 is 0 Å². The Morgan fingerprint density at radius 1 is 1.18 bits per heavy atom. The van der Waals surface area contributed by atoms with Gasteiger partial charge in [0.1, 0.15) is 0 Å². The summed E-state index contributed by atoms with van der Waals surface area (Å²) in [7, 11) is 0. The molecule has 2 aromatic rings. The molecular weight excluding hydrogens is 276 g/mol. The minimum atomic E-state index is -0.196. The molecule has 1 aromatic carbocycles. The number of unbranched alkanes of at least 4 members (excludes halogenated alkanes) is 2. The molecule has 22 heavy (non-hydrogen) atoms. The fraction of sp³-hybridized carbons (Fsp3) is 0.444. The summed E-state index contributed by atoms with van der Waals surface area (Å²) in [4.78, 5) is 11.8. The first-order valence-corrected chi connectivity index (χ1v) is 8.02. The number of ether oxygens (including phenoxy) is 1. The van der Waals surface area contributed by atoms with Crippen molar-refractivity contribution in [1.82, 2.24) is 9.78 Å². The predicted molar refractivity (Wildman–Crippen MR) is 87.5 cm³/mol. The third-order valence-electron chi connectivity index (χ3n) is 3.54. The van der Waals surface area contributed by atoms with Crippen molar-refractivity contribution in [2.24, 2.45) is 0 Å². The number of aryl methyl sites for hydroxylation is 1. The maximum absolute atomic E-state index is 11.8. The van der Waals surface area contributed by atoms with E-state index in [1.807, 2.05) is 48.0 Å². The van der Waals surface area contributed by atoms with Crippen molar-refractivity contribution in [1.29, 1.82) is 0 Å². The van der Waals surface area contributed by atoms with Crippen LogP contribution in [0.1, 0.15) is 38.8 Å². The monoisotopic (exact) mass is 300 g/mol. The van der Waals surface area contributed by atoms with Gasteiger partial charge in [-0.25, -0.2) is 0 Å². The maximum atomic E-state index is 11.8. The summed E-state index contributed by atoms with van der Waals surface area (Å²) >= 11 is 0. The predicted octanol–water partition coefficient (Wildman–Crippen LogP) is 3.85. The number of aromatic nitrogens is 2. The summed E-state index contributed by atoms with van der Waals surface area (Å²) in [6, 6.07) is 12.0. The number of benzene rings is 1. The molecule has 4 heteroatoms. The van der Waals surface area contributed by atoms with Crippen molar-refractivity contribution in [3.63, 3.8) is 0 Å². The van der Waals surface area contributed by atoms with Crippen LogP contribution in [0.25, 0.3) is 11.3 Å². The van der Waals surface area contributed by atoms with Crippen molar-refractivity contribution < 1.29 is 9.53 Å². The van der Waals surface area contributed by atoms with Gasteiger partial charge in [0.2, 0.25) is 0 Å². The second kappa shape index (κ2) is 8.37. The lowest BCUT2D eigenvalue weighted by atomic mass is 10.1. The number of nitrogens with zero attached hydrogens (tertiary/aromatic N) is 2. The third-order valence-corrected chi connectivity index (χ3v) is 3.54. The number of carbonyl (C=O) groups excluding carboxylic acids is 1. The zero-order chi connectivity index (χ0) is 15.8. The van der Waals surface area contributed by atoms with E-state index in [1.165, 1.54) is 12.8 Å². The van der Waals surface area contributed by atoms with Gasteiger partial charge in [-0.2, -0.15) is 5.10 Å². The van der Waals surface area contributed by atoms with Gasteiger partial charge in [0, 0.05) is 12.1 Å². The third kappa shape index (κ3) is 4.45. The quantitative estimate of drug-likeness (QED) is 0.549. The molecule has 2 rings (SSSR count). The minimum Gasteiger partial charge on any atom is -0.466 e. The Morgan fingerprint density at radius 3 is 2.64 bits per heavy atom. The van der Waals surface area contributed by atoms with Crippen molar-refractivity contribution in [3.8, 4) is 11.3 Å². The Balaban J connectivity index is 2.20. The molecular formula is C18H24N2O2. The summed E-state index contributed by atoms with van der Waals surface area (Å²) in [6.45, 7) is 5.26. The molecule has 0 amide bonds. The van der Waals surface area contributed by atoms with Gasteiger partial charge in [-0.15, -0.1) is 0 Å². The summed E-state index contributed by atoms with van der Waals surface area (Å²) < 4.78 is 7.01.